The first-order valence-corrected chi connectivity index (χ1v) is 16.2. The summed E-state index contributed by atoms with van der Waals surface area (Å²) in [6, 6.07) is 2.88. The highest BCUT2D eigenvalue weighted by atomic mass is 32.2. The average molecular weight is 621 g/mol. The molecule has 12 nitrogen and oxygen atoms in total. The fourth-order valence-corrected chi connectivity index (χ4v) is 7.89. The van der Waals surface area contributed by atoms with Gasteiger partial charge in [0.2, 0.25) is 12.3 Å². The number of hydrogen-bond acceptors (Lipinski definition) is 12. The number of carboxylic acids is 1. The molecule has 3 fully saturated rings. The highest BCUT2D eigenvalue weighted by molar-refractivity contribution is 8.02. The summed E-state index contributed by atoms with van der Waals surface area (Å²) in [6.07, 6.45) is 5.62. The Morgan fingerprint density at radius 1 is 1.38 bits per heavy atom. The fourth-order valence-electron chi connectivity index (χ4n) is 4.03. The fraction of sp³-hybridized carbons (Fsp3) is 0.375. The van der Waals surface area contributed by atoms with Crippen LogP contribution in [0.1, 0.15) is 11.3 Å². The van der Waals surface area contributed by atoms with Gasteiger partial charge in [0.25, 0.3) is 5.91 Å². The normalized spacial score (nSPS) is 24.6. The number of amides is 3. The first kappa shape index (κ1) is 28.4. The maximum absolute atomic E-state index is 13.2. The molecule has 0 saturated carbocycles. The molecule has 3 aliphatic heterocycles. The maximum atomic E-state index is 13.2. The molecule has 5 rings (SSSR count). The smallest absolute Gasteiger partial charge is 0.313 e. The second-order valence-corrected chi connectivity index (χ2v) is 13.0. The Labute approximate surface area is 245 Å². The molecule has 16 heteroatoms. The lowest BCUT2D eigenvalue weighted by molar-refractivity contribution is -0.157. The summed E-state index contributed by atoms with van der Waals surface area (Å²) in [7, 11) is 0. The second-order valence-electron chi connectivity index (χ2n) is 9.11. The molecule has 2 aromatic heterocycles. The van der Waals surface area contributed by atoms with Gasteiger partial charge in [0, 0.05) is 47.3 Å². The topological polar surface area (TPSA) is 163 Å². The van der Waals surface area contributed by atoms with Gasteiger partial charge in [-0.1, -0.05) is 11.2 Å². The van der Waals surface area contributed by atoms with E-state index in [1.807, 2.05) is 23.6 Å². The second kappa shape index (κ2) is 12.6. The van der Waals surface area contributed by atoms with E-state index in [1.165, 1.54) is 28.4 Å². The van der Waals surface area contributed by atoms with E-state index in [1.54, 1.807) is 29.5 Å². The van der Waals surface area contributed by atoms with Crippen LogP contribution in [0.25, 0.3) is 6.08 Å². The van der Waals surface area contributed by atoms with Gasteiger partial charge in [0.05, 0.1) is 0 Å². The molecule has 0 bridgehead atoms. The first-order valence-electron chi connectivity index (χ1n) is 12.0. The summed E-state index contributed by atoms with van der Waals surface area (Å²) in [4.78, 5) is 64.6. The molecule has 3 aliphatic rings. The van der Waals surface area contributed by atoms with Crippen LogP contribution < -0.4 is 10.6 Å². The molecule has 210 valence electrons. The third-order valence-electron chi connectivity index (χ3n) is 6.33. The van der Waals surface area contributed by atoms with Crippen LogP contribution in [0.5, 0.6) is 0 Å². The van der Waals surface area contributed by atoms with E-state index in [-0.39, 0.29) is 46.6 Å². The van der Waals surface area contributed by atoms with Crippen LogP contribution >= 0.6 is 46.6 Å². The molecular formula is C24H24N6O6S4. The van der Waals surface area contributed by atoms with Crippen molar-refractivity contribution >= 4 is 87.7 Å². The minimum absolute atomic E-state index is 0.0507. The zero-order chi connectivity index (χ0) is 28.1. The first-order chi connectivity index (χ1) is 19.4. The van der Waals surface area contributed by atoms with Gasteiger partial charge in [-0.2, -0.15) is 11.8 Å². The van der Waals surface area contributed by atoms with Crippen molar-refractivity contribution in [1.82, 2.24) is 20.2 Å². The number of nitrogens with zero attached hydrogens (tertiary/aromatic N) is 4. The van der Waals surface area contributed by atoms with Crippen LogP contribution in [0.3, 0.4) is 0 Å². The van der Waals surface area contributed by atoms with Crippen molar-refractivity contribution < 1.29 is 29.1 Å². The van der Waals surface area contributed by atoms with E-state index in [9.17, 15) is 24.3 Å². The van der Waals surface area contributed by atoms with Crippen LogP contribution in [0.2, 0.25) is 0 Å². The highest BCUT2D eigenvalue weighted by Crippen LogP contribution is 2.44. The van der Waals surface area contributed by atoms with Gasteiger partial charge in [-0.3, -0.25) is 24.2 Å². The number of carbonyl (C=O) groups excluding carboxylic acids is 3. The van der Waals surface area contributed by atoms with Crippen molar-refractivity contribution in [3.8, 4) is 0 Å². The van der Waals surface area contributed by atoms with Gasteiger partial charge in [0.1, 0.15) is 28.6 Å². The predicted octanol–water partition coefficient (Wildman–Crippen LogP) is 1.82. The van der Waals surface area contributed by atoms with Gasteiger partial charge < -0.3 is 25.5 Å². The number of aromatic nitrogens is 2. The molecule has 0 aliphatic carbocycles. The Bertz CT molecular complexity index is 1340. The van der Waals surface area contributed by atoms with Crippen molar-refractivity contribution in [3.05, 3.63) is 46.6 Å². The van der Waals surface area contributed by atoms with Crippen molar-refractivity contribution in [2.75, 3.05) is 34.9 Å². The van der Waals surface area contributed by atoms with E-state index >= 15 is 0 Å². The number of thioether (sulfide) groups is 3. The lowest BCUT2D eigenvalue weighted by atomic mass is 9.89. The maximum Gasteiger partial charge on any atom is 0.313 e. The van der Waals surface area contributed by atoms with E-state index < -0.39 is 28.7 Å². The standard InChI is InChI=1S/C24H24N6O6S4/c31-13-26-23-27-16(9-39-23)17(29-36-15-7-38-8-15)19(32)28-18-20(33)30-10-24(22(34)35,12-40-21(18)30)11-37-5-3-14-2-1-4-25-6-14/h1-6,9,13,15,18,21H,7-8,10-12H2,(H,28,32)(H,34,35)(H,26,27,31)/t18?,21-,24?/m1/s1. The minimum Gasteiger partial charge on any atom is -0.481 e. The van der Waals surface area contributed by atoms with Crippen LogP contribution in [-0.2, 0) is 24.0 Å². The van der Waals surface area contributed by atoms with Gasteiger partial charge in [-0.15, -0.1) is 34.9 Å². The van der Waals surface area contributed by atoms with Crippen molar-refractivity contribution in [1.29, 1.82) is 0 Å². The number of thiazole rings is 1. The largest absolute Gasteiger partial charge is 0.481 e. The summed E-state index contributed by atoms with van der Waals surface area (Å²) in [6.45, 7) is 0.0507. The molecule has 0 spiro atoms. The number of aliphatic carboxylic acids is 1. The minimum atomic E-state index is -1.13. The summed E-state index contributed by atoms with van der Waals surface area (Å²) in [5.41, 5.74) is -0.113. The zero-order valence-corrected chi connectivity index (χ0v) is 24.1. The Kier molecular flexibility index (Phi) is 8.97. The number of fused-ring (bicyclic) bond motifs is 1. The van der Waals surface area contributed by atoms with E-state index in [2.05, 4.69) is 25.8 Å². The molecule has 0 aromatic carbocycles. The number of carboxylic acid groups (broad SMARTS) is 1. The Balaban J connectivity index is 1.22. The van der Waals surface area contributed by atoms with Crippen molar-refractivity contribution in [2.45, 2.75) is 17.5 Å². The van der Waals surface area contributed by atoms with E-state index in [0.29, 0.717) is 6.41 Å². The number of carbonyl (C=O) groups is 4. The summed E-state index contributed by atoms with van der Waals surface area (Å²) >= 11 is 5.52. The van der Waals surface area contributed by atoms with Gasteiger partial charge in [-0.25, -0.2) is 4.98 Å². The molecule has 40 heavy (non-hydrogen) atoms. The number of rotatable bonds is 12. The number of oxime groups is 1. The zero-order valence-electron chi connectivity index (χ0n) is 20.8. The van der Waals surface area contributed by atoms with Crippen LogP contribution in [0.4, 0.5) is 5.13 Å². The molecule has 2 unspecified atom stereocenters. The quantitative estimate of drug-likeness (QED) is 0.137. The average Bonchev–Trinajstić information content (AvgIpc) is 3.39. The molecular weight excluding hydrogens is 597 g/mol. The third kappa shape index (κ3) is 6.14. The number of nitrogens with one attached hydrogen (secondary N) is 2. The molecule has 0 radical (unpaired) electrons. The monoisotopic (exact) mass is 620 g/mol. The number of anilines is 1. The molecule has 2 aromatic rings. The van der Waals surface area contributed by atoms with Crippen molar-refractivity contribution in [3.63, 3.8) is 0 Å². The molecule has 5 heterocycles. The van der Waals surface area contributed by atoms with Gasteiger partial charge in [-0.05, 0) is 23.1 Å². The predicted molar refractivity (Wildman–Crippen MR) is 156 cm³/mol. The molecule has 3 saturated heterocycles. The van der Waals surface area contributed by atoms with Crippen LogP contribution in [0, 0.1) is 5.41 Å². The van der Waals surface area contributed by atoms with Crippen LogP contribution in [-0.4, -0.2) is 97.0 Å². The highest BCUT2D eigenvalue weighted by Gasteiger charge is 2.57. The number of β-lactam (4-membered cyclic amide) rings is 1. The Morgan fingerprint density at radius 2 is 2.23 bits per heavy atom. The van der Waals surface area contributed by atoms with E-state index in [4.69, 9.17) is 4.84 Å². The summed E-state index contributed by atoms with van der Waals surface area (Å²) in [5.74, 6) is 0.117. The summed E-state index contributed by atoms with van der Waals surface area (Å²) < 4.78 is 0. The number of pyridine rings is 1. The summed E-state index contributed by atoms with van der Waals surface area (Å²) in [5, 5.41) is 22.6. The number of hydrogen-bond donors (Lipinski definition) is 3. The molecule has 3 atom stereocenters. The third-order valence-corrected chi connectivity index (χ3v) is 11.0. The lowest BCUT2D eigenvalue weighted by Gasteiger charge is -2.53. The Morgan fingerprint density at radius 3 is 2.92 bits per heavy atom. The molecule has 3 N–H and O–H groups in total. The molecule has 3 amide bonds. The van der Waals surface area contributed by atoms with Gasteiger partial charge in [0.15, 0.2) is 10.8 Å². The van der Waals surface area contributed by atoms with E-state index in [0.717, 1.165) is 28.4 Å². The van der Waals surface area contributed by atoms with Crippen molar-refractivity contribution in [2.24, 2.45) is 10.6 Å². The van der Waals surface area contributed by atoms with Crippen LogP contribution in [0.15, 0.2) is 40.5 Å². The van der Waals surface area contributed by atoms with Gasteiger partial charge >= 0.3 is 5.97 Å². The SMILES string of the molecule is O=CNc1nc(C(=NOC2CSC2)C(=O)NC2C(=O)N3CC(CSC=Cc4cccnc4)(C(=O)O)CS[C@H]23)cs1. The lowest BCUT2D eigenvalue weighted by Crippen LogP contribution is -2.74. The Hall–Kier alpha value is -3.08.